The Morgan fingerprint density at radius 3 is 2.42 bits per heavy atom. The van der Waals surface area contributed by atoms with E-state index in [1.807, 2.05) is 6.92 Å². The highest BCUT2D eigenvalue weighted by Crippen LogP contribution is 2.41. The lowest BCUT2D eigenvalue weighted by Crippen LogP contribution is -2.25. The van der Waals surface area contributed by atoms with Crippen molar-refractivity contribution in [3.8, 4) is 11.1 Å². The first kappa shape index (κ1) is 18.6. The van der Waals surface area contributed by atoms with Crippen molar-refractivity contribution >= 4 is 28.2 Å². The number of aryl methyl sites for hydroxylation is 1. The molecule has 2 aromatic rings. The minimum Gasteiger partial charge on any atom is -0.465 e. The molecule has 1 fully saturated rings. The maximum atomic E-state index is 13.3. The Balaban J connectivity index is 1.97. The third-order valence-electron chi connectivity index (χ3n) is 4.82. The highest BCUT2D eigenvalue weighted by molar-refractivity contribution is 7.17. The van der Waals surface area contributed by atoms with Gasteiger partial charge >= 0.3 is 5.97 Å². The molecule has 3 rings (SSSR count). The number of halogens is 1. The van der Waals surface area contributed by atoms with Gasteiger partial charge in [0.15, 0.2) is 0 Å². The maximum absolute atomic E-state index is 13.3. The van der Waals surface area contributed by atoms with E-state index >= 15 is 0 Å². The number of methoxy groups -OCH3 is 1. The van der Waals surface area contributed by atoms with Crippen molar-refractivity contribution in [2.24, 2.45) is 5.92 Å². The number of thiophene rings is 1. The fourth-order valence-corrected chi connectivity index (χ4v) is 4.54. The van der Waals surface area contributed by atoms with Crippen LogP contribution in [0.25, 0.3) is 11.1 Å². The number of hydrogen-bond donors (Lipinski definition) is 1. The first-order valence-electron chi connectivity index (χ1n) is 8.79. The summed E-state index contributed by atoms with van der Waals surface area (Å²) in [7, 11) is 1.32. The van der Waals surface area contributed by atoms with Gasteiger partial charge in [-0.25, -0.2) is 9.18 Å². The number of carbonyl (C=O) groups excluding carboxylic acids is 2. The first-order valence-corrected chi connectivity index (χ1v) is 9.61. The van der Waals surface area contributed by atoms with E-state index in [0.29, 0.717) is 16.1 Å². The Morgan fingerprint density at radius 2 is 1.81 bits per heavy atom. The average molecular weight is 375 g/mol. The summed E-state index contributed by atoms with van der Waals surface area (Å²) in [5.74, 6) is -0.896. The zero-order valence-corrected chi connectivity index (χ0v) is 15.7. The van der Waals surface area contributed by atoms with Crippen LogP contribution in [0.4, 0.5) is 9.39 Å². The number of ether oxygens (including phenoxy) is 1. The van der Waals surface area contributed by atoms with Crippen LogP contribution in [-0.4, -0.2) is 19.0 Å². The minimum atomic E-state index is -0.507. The third-order valence-corrected chi connectivity index (χ3v) is 5.84. The molecule has 0 atom stereocenters. The molecular formula is C20H22FNO3S. The van der Waals surface area contributed by atoms with Crippen LogP contribution < -0.4 is 5.32 Å². The summed E-state index contributed by atoms with van der Waals surface area (Å²) in [4.78, 5) is 25.9. The van der Waals surface area contributed by atoms with Gasteiger partial charge in [0.1, 0.15) is 16.4 Å². The number of nitrogens with one attached hydrogen (secondary N) is 1. The summed E-state index contributed by atoms with van der Waals surface area (Å²) in [5, 5.41) is 3.45. The van der Waals surface area contributed by atoms with Crippen molar-refractivity contribution in [1.29, 1.82) is 0 Å². The summed E-state index contributed by atoms with van der Waals surface area (Å²) in [6.45, 7) is 1.88. The van der Waals surface area contributed by atoms with E-state index in [0.717, 1.165) is 36.1 Å². The Bertz CT molecular complexity index is 807. The van der Waals surface area contributed by atoms with Gasteiger partial charge in [-0.3, -0.25) is 4.79 Å². The summed E-state index contributed by atoms with van der Waals surface area (Å²) >= 11 is 1.35. The molecular weight excluding hydrogens is 353 g/mol. The molecule has 1 saturated carbocycles. The molecule has 0 bridgehead atoms. The molecule has 4 nitrogen and oxygen atoms in total. The predicted octanol–water partition coefficient (Wildman–Crippen LogP) is 5.17. The van der Waals surface area contributed by atoms with Crippen molar-refractivity contribution in [3.05, 3.63) is 40.5 Å². The van der Waals surface area contributed by atoms with Crippen LogP contribution in [0.1, 0.15) is 47.3 Å². The average Bonchev–Trinajstić information content (AvgIpc) is 2.98. The second-order valence-electron chi connectivity index (χ2n) is 6.56. The van der Waals surface area contributed by atoms with E-state index in [-0.39, 0.29) is 17.6 Å². The number of hydrogen-bond acceptors (Lipinski definition) is 4. The second kappa shape index (κ2) is 7.99. The van der Waals surface area contributed by atoms with E-state index in [1.54, 1.807) is 12.1 Å². The Hall–Kier alpha value is -2.21. The van der Waals surface area contributed by atoms with Gasteiger partial charge < -0.3 is 10.1 Å². The van der Waals surface area contributed by atoms with Gasteiger partial charge in [-0.05, 0) is 37.5 Å². The van der Waals surface area contributed by atoms with Crippen LogP contribution in [0, 0.1) is 18.7 Å². The molecule has 0 unspecified atom stereocenters. The summed E-state index contributed by atoms with van der Waals surface area (Å²) in [6, 6.07) is 5.97. The van der Waals surface area contributed by atoms with Crippen LogP contribution in [0.5, 0.6) is 0 Å². The Kier molecular flexibility index (Phi) is 5.71. The number of amides is 1. The van der Waals surface area contributed by atoms with E-state index in [4.69, 9.17) is 4.74 Å². The SMILES string of the molecule is COC(=O)c1c(NC(=O)C2CCCCC2)sc(C)c1-c1ccc(F)cc1. The van der Waals surface area contributed by atoms with E-state index in [2.05, 4.69) is 5.32 Å². The largest absolute Gasteiger partial charge is 0.465 e. The van der Waals surface area contributed by atoms with Crippen molar-refractivity contribution < 1.29 is 18.7 Å². The number of rotatable bonds is 4. The van der Waals surface area contributed by atoms with E-state index in [1.165, 1.54) is 37.0 Å². The normalized spacial score (nSPS) is 14.9. The molecule has 1 N–H and O–H groups in total. The van der Waals surface area contributed by atoms with Gasteiger partial charge in [0.25, 0.3) is 0 Å². The number of carbonyl (C=O) groups is 2. The van der Waals surface area contributed by atoms with E-state index in [9.17, 15) is 14.0 Å². The Labute approximate surface area is 156 Å². The van der Waals surface area contributed by atoms with Crippen molar-refractivity contribution in [2.75, 3.05) is 12.4 Å². The lowest BCUT2D eigenvalue weighted by molar-refractivity contribution is -0.120. The highest BCUT2D eigenvalue weighted by atomic mass is 32.1. The van der Waals surface area contributed by atoms with Crippen LogP contribution >= 0.6 is 11.3 Å². The molecule has 6 heteroatoms. The zero-order chi connectivity index (χ0) is 18.7. The van der Waals surface area contributed by atoms with Gasteiger partial charge in [-0.1, -0.05) is 31.4 Å². The minimum absolute atomic E-state index is 0.00840. The standard InChI is InChI=1S/C20H22FNO3S/c1-12-16(13-8-10-15(21)11-9-13)17(20(24)25-2)19(26-12)22-18(23)14-6-4-3-5-7-14/h8-11,14H,3-7H2,1-2H3,(H,22,23). The smallest absolute Gasteiger partial charge is 0.341 e. The van der Waals surface area contributed by atoms with Crippen molar-refractivity contribution in [2.45, 2.75) is 39.0 Å². The second-order valence-corrected chi connectivity index (χ2v) is 7.78. The molecule has 138 valence electrons. The summed E-state index contributed by atoms with van der Waals surface area (Å²) < 4.78 is 18.2. The highest BCUT2D eigenvalue weighted by Gasteiger charge is 2.27. The molecule has 26 heavy (non-hydrogen) atoms. The molecule has 0 spiro atoms. The van der Waals surface area contributed by atoms with E-state index < -0.39 is 5.97 Å². The third kappa shape index (κ3) is 3.80. The first-order chi connectivity index (χ1) is 12.5. The molecule has 1 aromatic carbocycles. The number of esters is 1. The van der Waals surface area contributed by atoms with Crippen molar-refractivity contribution in [1.82, 2.24) is 0 Å². The summed E-state index contributed by atoms with van der Waals surface area (Å²) in [6.07, 6.45) is 5.06. The predicted molar refractivity (Wildman–Crippen MR) is 101 cm³/mol. The molecule has 1 aromatic heterocycles. The van der Waals surface area contributed by atoms with Gasteiger partial charge in [-0.15, -0.1) is 11.3 Å². The fourth-order valence-electron chi connectivity index (χ4n) is 3.47. The lowest BCUT2D eigenvalue weighted by atomic mass is 9.88. The maximum Gasteiger partial charge on any atom is 0.341 e. The molecule has 0 saturated heterocycles. The number of benzene rings is 1. The van der Waals surface area contributed by atoms with Gasteiger partial charge in [0, 0.05) is 16.4 Å². The van der Waals surface area contributed by atoms with Crippen LogP contribution in [0.15, 0.2) is 24.3 Å². The molecule has 0 aliphatic heterocycles. The molecule has 1 amide bonds. The lowest BCUT2D eigenvalue weighted by Gasteiger charge is -2.20. The molecule has 1 aliphatic carbocycles. The van der Waals surface area contributed by atoms with Gasteiger partial charge in [-0.2, -0.15) is 0 Å². The van der Waals surface area contributed by atoms with Crippen LogP contribution in [0.2, 0.25) is 0 Å². The molecule has 0 radical (unpaired) electrons. The monoisotopic (exact) mass is 375 g/mol. The van der Waals surface area contributed by atoms with Crippen LogP contribution in [-0.2, 0) is 9.53 Å². The summed E-state index contributed by atoms with van der Waals surface area (Å²) in [5.41, 5.74) is 1.74. The van der Waals surface area contributed by atoms with Gasteiger partial charge in [0.2, 0.25) is 5.91 Å². The van der Waals surface area contributed by atoms with Crippen LogP contribution in [0.3, 0.4) is 0 Å². The van der Waals surface area contributed by atoms with Crippen molar-refractivity contribution in [3.63, 3.8) is 0 Å². The molecule has 1 heterocycles. The van der Waals surface area contributed by atoms with Gasteiger partial charge in [0.05, 0.1) is 7.11 Å². The quantitative estimate of drug-likeness (QED) is 0.750. The number of anilines is 1. The Morgan fingerprint density at radius 1 is 1.15 bits per heavy atom. The fraction of sp³-hybridized carbons (Fsp3) is 0.400. The molecule has 1 aliphatic rings. The topological polar surface area (TPSA) is 55.4 Å². The zero-order valence-electron chi connectivity index (χ0n) is 14.9.